The maximum absolute atomic E-state index is 10.4. The van der Waals surface area contributed by atoms with Gasteiger partial charge in [0.05, 0.1) is 17.7 Å². The smallest absolute Gasteiger partial charge is 0.138 e. The second kappa shape index (κ2) is 4.45. The number of ether oxygens (including phenoxy) is 1. The molecule has 1 aromatic carbocycles. The van der Waals surface area contributed by atoms with Gasteiger partial charge in [0, 0.05) is 10.6 Å². The molecule has 4 heteroatoms. The molecule has 0 aliphatic heterocycles. The van der Waals surface area contributed by atoms with E-state index in [0.29, 0.717) is 10.8 Å². The van der Waals surface area contributed by atoms with E-state index in [4.69, 9.17) is 16.3 Å². The van der Waals surface area contributed by atoms with Gasteiger partial charge < -0.3 is 9.84 Å². The standard InChI is InChI=1S/C13H16BrClO2/c1-13(2)6-9(13)11(16)8-4-7(15)5-10(14)12(8)17-3/h4-5,9,11,16H,6H2,1-3H3. The van der Waals surface area contributed by atoms with Crippen molar-refractivity contribution in [3.63, 3.8) is 0 Å². The Morgan fingerprint density at radius 1 is 1.53 bits per heavy atom. The Balaban J connectivity index is 2.37. The monoisotopic (exact) mass is 318 g/mol. The number of hydrogen-bond acceptors (Lipinski definition) is 2. The molecule has 2 rings (SSSR count). The molecule has 1 N–H and O–H groups in total. The van der Waals surface area contributed by atoms with Crippen molar-refractivity contribution in [1.29, 1.82) is 0 Å². The minimum atomic E-state index is -0.519. The fourth-order valence-corrected chi connectivity index (χ4v) is 3.27. The van der Waals surface area contributed by atoms with Gasteiger partial charge in [0.15, 0.2) is 0 Å². The highest BCUT2D eigenvalue weighted by Gasteiger charge is 2.50. The van der Waals surface area contributed by atoms with Gasteiger partial charge in [0.1, 0.15) is 5.75 Å². The first-order valence-corrected chi connectivity index (χ1v) is 6.75. The lowest BCUT2D eigenvalue weighted by atomic mass is 9.99. The highest BCUT2D eigenvalue weighted by atomic mass is 79.9. The highest BCUT2D eigenvalue weighted by molar-refractivity contribution is 9.10. The van der Waals surface area contributed by atoms with Gasteiger partial charge in [-0.3, -0.25) is 0 Å². The van der Waals surface area contributed by atoms with E-state index >= 15 is 0 Å². The van der Waals surface area contributed by atoms with Gasteiger partial charge in [0.2, 0.25) is 0 Å². The van der Waals surface area contributed by atoms with Crippen molar-refractivity contribution < 1.29 is 9.84 Å². The molecule has 2 nitrogen and oxygen atoms in total. The summed E-state index contributed by atoms with van der Waals surface area (Å²) >= 11 is 9.43. The molecule has 2 atom stereocenters. The minimum Gasteiger partial charge on any atom is -0.495 e. The molecular formula is C13H16BrClO2. The summed E-state index contributed by atoms with van der Waals surface area (Å²) in [6.45, 7) is 4.32. The van der Waals surface area contributed by atoms with Gasteiger partial charge in [-0.25, -0.2) is 0 Å². The quantitative estimate of drug-likeness (QED) is 0.905. The van der Waals surface area contributed by atoms with Crippen LogP contribution >= 0.6 is 27.5 Å². The molecule has 1 aromatic rings. The first kappa shape index (κ1) is 13.2. The van der Waals surface area contributed by atoms with E-state index in [1.165, 1.54) is 0 Å². The van der Waals surface area contributed by atoms with Crippen LogP contribution in [-0.2, 0) is 0 Å². The Bertz CT molecular complexity index is 445. The van der Waals surface area contributed by atoms with Crippen molar-refractivity contribution in [2.45, 2.75) is 26.4 Å². The molecule has 0 spiro atoms. The second-order valence-corrected chi connectivity index (χ2v) is 6.54. The average molecular weight is 320 g/mol. The molecule has 0 heterocycles. The van der Waals surface area contributed by atoms with Crippen LogP contribution in [0.1, 0.15) is 31.9 Å². The normalized spacial score (nSPS) is 23.3. The van der Waals surface area contributed by atoms with Crippen LogP contribution in [-0.4, -0.2) is 12.2 Å². The molecule has 1 aliphatic rings. The largest absolute Gasteiger partial charge is 0.495 e. The average Bonchev–Trinajstić information content (AvgIpc) is 2.85. The van der Waals surface area contributed by atoms with Crippen LogP contribution in [0.3, 0.4) is 0 Å². The van der Waals surface area contributed by atoms with Crippen LogP contribution in [0.5, 0.6) is 5.75 Å². The van der Waals surface area contributed by atoms with E-state index in [1.807, 2.05) is 0 Å². The third-order valence-corrected chi connectivity index (χ3v) is 4.34. The molecule has 1 fully saturated rings. The maximum Gasteiger partial charge on any atom is 0.138 e. The van der Waals surface area contributed by atoms with Crippen LogP contribution < -0.4 is 4.74 Å². The summed E-state index contributed by atoms with van der Waals surface area (Å²) in [7, 11) is 1.60. The summed E-state index contributed by atoms with van der Waals surface area (Å²) in [6, 6.07) is 3.55. The zero-order valence-electron chi connectivity index (χ0n) is 10.1. The maximum atomic E-state index is 10.4. The number of halogens is 2. The van der Waals surface area contributed by atoms with Gasteiger partial charge >= 0.3 is 0 Å². The van der Waals surface area contributed by atoms with Crippen LogP contribution in [0.15, 0.2) is 16.6 Å². The molecule has 0 aromatic heterocycles. The minimum absolute atomic E-state index is 0.208. The molecule has 0 saturated heterocycles. The van der Waals surface area contributed by atoms with Crippen molar-refractivity contribution in [2.24, 2.45) is 11.3 Å². The highest BCUT2D eigenvalue weighted by Crippen LogP contribution is 2.59. The van der Waals surface area contributed by atoms with Crippen molar-refractivity contribution in [3.05, 3.63) is 27.2 Å². The fraction of sp³-hybridized carbons (Fsp3) is 0.538. The van der Waals surface area contributed by atoms with E-state index in [2.05, 4.69) is 29.8 Å². The molecule has 94 valence electrons. The zero-order valence-corrected chi connectivity index (χ0v) is 12.5. The summed E-state index contributed by atoms with van der Waals surface area (Å²) in [4.78, 5) is 0. The lowest BCUT2D eigenvalue weighted by Crippen LogP contribution is -2.07. The molecule has 2 unspecified atom stereocenters. The third kappa shape index (κ3) is 2.47. The molecule has 0 radical (unpaired) electrons. The number of aliphatic hydroxyl groups is 1. The van der Waals surface area contributed by atoms with E-state index in [-0.39, 0.29) is 11.3 Å². The van der Waals surface area contributed by atoms with Gasteiger partial charge in [0.25, 0.3) is 0 Å². The Morgan fingerprint density at radius 3 is 2.59 bits per heavy atom. The van der Waals surface area contributed by atoms with E-state index in [1.54, 1.807) is 19.2 Å². The number of aliphatic hydroxyl groups excluding tert-OH is 1. The molecule has 0 bridgehead atoms. The molecule has 17 heavy (non-hydrogen) atoms. The predicted molar refractivity (Wildman–Crippen MR) is 72.6 cm³/mol. The fourth-order valence-electron chi connectivity index (χ4n) is 2.28. The Morgan fingerprint density at radius 2 is 2.12 bits per heavy atom. The summed E-state index contributed by atoms with van der Waals surface area (Å²) < 4.78 is 6.11. The summed E-state index contributed by atoms with van der Waals surface area (Å²) in [5, 5.41) is 11.0. The number of hydrogen-bond donors (Lipinski definition) is 1. The lowest BCUT2D eigenvalue weighted by molar-refractivity contribution is 0.135. The van der Waals surface area contributed by atoms with Crippen molar-refractivity contribution in [1.82, 2.24) is 0 Å². The number of methoxy groups -OCH3 is 1. The third-order valence-electron chi connectivity index (χ3n) is 3.53. The van der Waals surface area contributed by atoms with Crippen molar-refractivity contribution in [2.75, 3.05) is 7.11 Å². The van der Waals surface area contributed by atoms with E-state index in [0.717, 1.165) is 16.5 Å². The van der Waals surface area contributed by atoms with Gasteiger partial charge in [-0.2, -0.15) is 0 Å². The molecular weight excluding hydrogens is 303 g/mol. The van der Waals surface area contributed by atoms with Gasteiger partial charge in [-0.15, -0.1) is 0 Å². The molecule has 0 amide bonds. The summed E-state index contributed by atoms with van der Waals surface area (Å²) in [5.41, 5.74) is 0.974. The number of rotatable bonds is 3. The molecule has 1 saturated carbocycles. The van der Waals surface area contributed by atoms with Crippen molar-refractivity contribution >= 4 is 27.5 Å². The van der Waals surface area contributed by atoms with Gasteiger partial charge in [-0.1, -0.05) is 25.4 Å². The topological polar surface area (TPSA) is 29.5 Å². The Hall–Kier alpha value is -0.250. The zero-order chi connectivity index (χ0) is 12.8. The van der Waals surface area contributed by atoms with Crippen LogP contribution in [0.2, 0.25) is 5.02 Å². The van der Waals surface area contributed by atoms with E-state index in [9.17, 15) is 5.11 Å². The predicted octanol–water partition coefficient (Wildman–Crippen LogP) is 4.19. The van der Waals surface area contributed by atoms with Crippen molar-refractivity contribution in [3.8, 4) is 5.75 Å². The first-order chi connectivity index (χ1) is 7.86. The van der Waals surface area contributed by atoms with Gasteiger partial charge in [-0.05, 0) is 45.8 Å². The number of benzene rings is 1. The second-order valence-electron chi connectivity index (χ2n) is 5.25. The Labute approximate surface area is 115 Å². The van der Waals surface area contributed by atoms with Crippen LogP contribution in [0.4, 0.5) is 0 Å². The summed E-state index contributed by atoms with van der Waals surface area (Å²) in [5.74, 6) is 0.950. The SMILES string of the molecule is COc1c(Br)cc(Cl)cc1C(O)C1CC1(C)C. The Kier molecular flexibility index (Phi) is 3.45. The lowest BCUT2D eigenvalue weighted by Gasteiger charge is -2.17. The van der Waals surface area contributed by atoms with E-state index < -0.39 is 6.10 Å². The summed E-state index contributed by atoms with van der Waals surface area (Å²) in [6.07, 6.45) is 0.511. The van der Waals surface area contributed by atoms with Crippen LogP contribution in [0.25, 0.3) is 0 Å². The van der Waals surface area contributed by atoms with Crippen LogP contribution in [0, 0.1) is 11.3 Å². The first-order valence-electron chi connectivity index (χ1n) is 5.58. The molecule has 1 aliphatic carbocycles.